The third-order valence-corrected chi connectivity index (χ3v) is 3.41. The Bertz CT molecular complexity index is 669. The van der Waals surface area contributed by atoms with E-state index in [1.165, 1.54) is 11.1 Å². The molecular formula is C22H22O2. The van der Waals surface area contributed by atoms with E-state index in [4.69, 9.17) is 4.74 Å². The van der Waals surface area contributed by atoms with Crippen LogP contribution in [0.5, 0.6) is 0 Å². The molecule has 24 heavy (non-hydrogen) atoms. The second-order valence-corrected chi connectivity index (χ2v) is 5.23. The van der Waals surface area contributed by atoms with Crippen LogP contribution >= 0.6 is 0 Å². The summed E-state index contributed by atoms with van der Waals surface area (Å²) in [6.07, 6.45) is 0.437. The minimum Gasteiger partial charge on any atom is -0.461 e. The number of hydrogen-bond donors (Lipinski definition) is 0. The summed E-state index contributed by atoms with van der Waals surface area (Å²) in [5.41, 5.74) is 3.58. The number of esters is 1. The summed E-state index contributed by atoms with van der Waals surface area (Å²) in [6, 6.07) is 30.4. The molecule has 0 bridgehead atoms. The van der Waals surface area contributed by atoms with E-state index in [0.29, 0.717) is 13.0 Å². The molecule has 0 N–H and O–H groups in total. The summed E-state index contributed by atoms with van der Waals surface area (Å²) in [4.78, 5) is 10.8. The molecule has 0 fully saturated rings. The van der Waals surface area contributed by atoms with Crippen LogP contribution in [0.2, 0.25) is 0 Å². The molecule has 122 valence electrons. The van der Waals surface area contributed by atoms with Gasteiger partial charge in [-0.15, -0.1) is 0 Å². The van der Waals surface area contributed by atoms with E-state index >= 15 is 0 Å². The van der Waals surface area contributed by atoms with Crippen LogP contribution in [0.25, 0.3) is 11.1 Å². The zero-order valence-corrected chi connectivity index (χ0v) is 13.9. The highest BCUT2D eigenvalue weighted by Gasteiger charge is 1.97. The molecule has 0 saturated heterocycles. The van der Waals surface area contributed by atoms with Crippen molar-refractivity contribution in [2.45, 2.75) is 20.0 Å². The third-order valence-electron chi connectivity index (χ3n) is 3.41. The molecule has 0 aliphatic carbocycles. The average Bonchev–Trinajstić information content (AvgIpc) is 2.69. The Morgan fingerprint density at radius 2 is 1.12 bits per heavy atom. The van der Waals surface area contributed by atoms with Crippen LogP contribution in [0.4, 0.5) is 0 Å². The van der Waals surface area contributed by atoms with E-state index in [-0.39, 0.29) is 5.97 Å². The lowest BCUT2D eigenvalue weighted by Gasteiger charge is -2.01. The standard InChI is InChI=1S/C12H10.C10H12O2/c1-3-7-11(8-4-1)12-9-5-2-6-10-12;1-2-10(11)12-8-9-6-4-3-5-7-9/h1-10H;3-7H,2,8H2,1H3. The molecule has 0 atom stereocenters. The Kier molecular flexibility index (Phi) is 7.29. The molecule has 0 radical (unpaired) electrons. The Hall–Kier alpha value is -2.87. The fraction of sp³-hybridized carbons (Fsp3) is 0.136. The Balaban J connectivity index is 0.000000174. The number of benzene rings is 3. The van der Waals surface area contributed by atoms with E-state index in [1.807, 2.05) is 42.5 Å². The van der Waals surface area contributed by atoms with Crippen LogP contribution in [0.15, 0.2) is 91.0 Å². The minimum absolute atomic E-state index is 0.154. The van der Waals surface area contributed by atoms with Gasteiger partial charge in [0.25, 0.3) is 0 Å². The van der Waals surface area contributed by atoms with Crippen LogP contribution < -0.4 is 0 Å². The second-order valence-electron chi connectivity index (χ2n) is 5.23. The molecule has 0 heterocycles. The highest BCUT2D eigenvalue weighted by atomic mass is 16.5. The van der Waals surface area contributed by atoms with Gasteiger partial charge in [-0.3, -0.25) is 4.79 Å². The fourth-order valence-corrected chi connectivity index (χ4v) is 2.10. The minimum atomic E-state index is -0.154. The van der Waals surface area contributed by atoms with Crippen molar-refractivity contribution in [3.8, 4) is 11.1 Å². The molecule has 3 aromatic carbocycles. The largest absolute Gasteiger partial charge is 0.461 e. The van der Waals surface area contributed by atoms with Gasteiger partial charge in [0.2, 0.25) is 0 Å². The maximum atomic E-state index is 10.8. The molecule has 2 nitrogen and oxygen atoms in total. The molecule has 2 heteroatoms. The Morgan fingerprint density at radius 3 is 1.54 bits per heavy atom. The van der Waals surface area contributed by atoms with Crippen molar-refractivity contribution in [2.75, 3.05) is 0 Å². The van der Waals surface area contributed by atoms with Gasteiger partial charge in [-0.1, -0.05) is 97.9 Å². The van der Waals surface area contributed by atoms with Gasteiger partial charge in [-0.05, 0) is 16.7 Å². The summed E-state index contributed by atoms with van der Waals surface area (Å²) >= 11 is 0. The number of carbonyl (C=O) groups is 1. The second kappa shape index (κ2) is 10.0. The molecule has 0 amide bonds. The maximum Gasteiger partial charge on any atom is 0.305 e. The van der Waals surface area contributed by atoms with Crippen molar-refractivity contribution in [2.24, 2.45) is 0 Å². The highest BCUT2D eigenvalue weighted by Crippen LogP contribution is 2.17. The molecule has 3 aromatic rings. The molecule has 0 aliphatic heterocycles. The first-order valence-corrected chi connectivity index (χ1v) is 8.09. The smallest absolute Gasteiger partial charge is 0.305 e. The van der Waals surface area contributed by atoms with Crippen molar-refractivity contribution >= 4 is 5.97 Å². The van der Waals surface area contributed by atoms with Gasteiger partial charge in [0.1, 0.15) is 6.61 Å². The quantitative estimate of drug-likeness (QED) is 0.594. The van der Waals surface area contributed by atoms with Crippen LogP contribution in [-0.4, -0.2) is 5.97 Å². The predicted molar refractivity (Wildman–Crippen MR) is 98.4 cm³/mol. The molecular weight excluding hydrogens is 296 g/mol. The SMILES string of the molecule is CCC(=O)OCc1ccccc1.c1ccc(-c2ccccc2)cc1. The van der Waals surface area contributed by atoms with Crippen molar-refractivity contribution < 1.29 is 9.53 Å². The fourth-order valence-electron chi connectivity index (χ4n) is 2.10. The van der Waals surface area contributed by atoms with Gasteiger partial charge in [0.05, 0.1) is 0 Å². The molecule has 0 unspecified atom stereocenters. The zero-order chi connectivity index (χ0) is 17.0. The van der Waals surface area contributed by atoms with Gasteiger partial charge < -0.3 is 4.74 Å². The zero-order valence-electron chi connectivity index (χ0n) is 13.9. The summed E-state index contributed by atoms with van der Waals surface area (Å²) in [6.45, 7) is 2.17. The van der Waals surface area contributed by atoms with Gasteiger partial charge in [0, 0.05) is 6.42 Å². The van der Waals surface area contributed by atoms with Crippen LogP contribution in [0.1, 0.15) is 18.9 Å². The van der Waals surface area contributed by atoms with Crippen LogP contribution in [-0.2, 0) is 16.1 Å². The molecule has 0 aromatic heterocycles. The Labute approximate surface area is 143 Å². The van der Waals surface area contributed by atoms with E-state index < -0.39 is 0 Å². The van der Waals surface area contributed by atoms with Gasteiger partial charge >= 0.3 is 5.97 Å². The summed E-state index contributed by atoms with van der Waals surface area (Å²) in [5, 5.41) is 0. The van der Waals surface area contributed by atoms with Crippen molar-refractivity contribution in [3.05, 3.63) is 96.6 Å². The van der Waals surface area contributed by atoms with E-state index in [0.717, 1.165) is 5.56 Å². The molecule has 0 saturated carbocycles. The lowest BCUT2D eigenvalue weighted by molar-refractivity contribution is -0.144. The highest BCUT2D eigenvalue weighted by molar-refractivity contribution is 5.68. The number of rotatable bonds is 4. The normalized spacial score (nSPS) is 9.54. The van der Waals surface area contributed by atoms with Crippen molar-refractivity contribution in [3.63, 3.8) is 0 Å². The van der Waals surface area contributed by atoms with Gasteiger partial charge in [-0.2, -0.15) is 0 Å². The molecule has 3 rings (SSSR count). The van der Waals surface area contributed by atoms with E-state index in [9.17, 15) is 4.79 Å². The summed E-state index contributed by atoms with van der Waals surface area (Å²) in [7, 11) is 0. The van der Waals surface area contributed by atoms with Crippen molar-refractivity contribution in [1.82, 2.24) is 0 Å². The summed E-state index contributed by atoms with van der Waals surface area (Å²) < 4.78 is 4.94. The average molecular weight is 318 g/mol. The van der Waals surface area contributed by atoms with Crippen molar-refractivity contribution in [1.29, 1.82) is 0 Å². The number of ether oxygens (including phenoxy) is 1. The van der Waals surface area contributed by atoms with E-state index in [1.54, 1.807) is 6.92 Å². The maximum absolute atomic E-state index is 10.8. The summed E-state index contributed by atoms with van der Waals surface area (Å²) in [5.74, 6) is -0.154. The van der Waals surface area contributed by atoms with Crippen LogP contribution in [0.3, 0.4) is 0 Å². The lowest BCUT2D eigenvalue weighted by Crippen LogP contribution is -2.01. The number of carbonyl (C=O) groups excluding carboxylic acids is 1. The first-order valence-electron chi connectivity index (χ1n) is 8.09. The topological polar surface area (TPSA) is 26.3 Å². The molecule has 0 spiro atoms. The van der Waals surface area contributed by atoms with Gasteiger partial charge in [-0.25, -0.2) is 0 Å². The monoisotopic (exact) mass is 318 g/mol. The first-order chi connectivity index (χ1) is 11.8. The Morgan fingerprint density at radius 1 is 0.708 bits per heavy atom. The predicted octanol–water partition coefficient (Wildman–Crippen LogP) is 5.49. The first kappa shape index (κ1) is 17.5. The van der Waals surface area contributed by atoms with Crippen LogP contribution in [0, 0.1) is 0 Å². The molecule has 0 aliphatic rings. The van der Waals surface area contributed by atoms with E-state index in [2.05, 4.69) is 48.5 Å². The van der Waals surface area contributed by atoms with Gasteiger partial charge in [0.15, 0.2) is 0 Å². The third kappa shape index (κ3) is 6.09. The lowest BCUT2D eigenvalue weighted by atomic mass is 10.1. The number of hydrogen-bond acceptors (Lipinski definition) is 2.